The fourth-order valence-corrected chi connectivity index (χ4v) is 5.53. The summed E-state index contributed by atoms with van der Waals surface area (Å²) in [5, 5.41) is 4.89. The first kappa shape index (κ1) is 18.4. The number of rotatable bonds is 2. The van der Waals surface area contributed by atoms with Crippen LogP contribution in [-0.2, 0) is 17.6 Å². The van der Waals surface area contributed by atoms with E-state index in [0.29, 0.717) is 17.7 Å². The molecule has 0 N–H and O–H groups in total. The molecule has 1 aliphatic carbocycles. The molecule has 0 saturated carbocycles. The van der Waals surface area contributed by atoms with Crippen LogP contribution in [0.3, 0.4) is 0 Å². The number of benzene rings is 1. The third kappa shape index (κ3) is 3.20. The molecule has 2 saturated heterocycles. The number of carbonyl (C=O) groups is 1. The maximum absolute atomic E-state index is 13.6. The molecule has 28 heavy (non-hydrogen) atoms. The number of hydrogen-bond acceptors (Lipinski definition) is 3. The highest BCUT2D eigenvalue weighted by molar-refractivity contribution is 9.10. The lowest BCUT2D eigenvalue weighted by Gasteiger charge is -2.43. The van der Waals surface area contributed by atoms with Gasteiger partial charge in [0.1, 0.15) is 0 Å². The second-order valence-electron chi connectivity index (χ2n) is 8.20. The largest absolute Gasteiger partial charge is 0.381 e. The molecule has 148 valence electrons. The van der Waals surface area contributed by atoms with Crippen molar-refractivity contribution in [3.8, 4) is 5.69 Å². The van der Waals surface area contributed by atoms with E-state index in [0.717, 1.165) is 68.4 Å². The van der Waals surface area contributed by atoms with E-state index in [1.165, 1.54) is 17.7 Å². The lowest BCUT2D eigenvalue weighted by atomic mass is 9.86. The summed E-state index contributed by atoms with van der Waals surface area (Å²) in [6, 6.07) is 8.49. The summed E-state index contributed by atoms with van der Waals surface area (Å²) >= 11 is 3.56. The number of piperidine rings is 1. The molecular weight excluding hydrogens is 418 g/mol. The summed E-state index contributed by atoms with van der Waals surface area (Å²) in [4.78, 5) is 15.7. The van der Waals surface area contributed by atoms with E-state index < -0.39 is 0 Å². The second-order valence-corrected chi connectivity index (χ2v) is 9.12. The smallest absolute Gasteiger partial charge is 0.274 e. The van der Waals surface area contributed by atoms with Crippen LogP contribution in [-0.4, -0.2) is 46.4 Å². The van der Waals surface area contributed by atoms with E-state index in [4.69, 9.17) is 9.84 Å². The summed E-state index contributed by atoms with van der Waals surface area (Å²) in [5.41, 5.74) is 4.09. The standard InChI is InChI=1S/C22H26BrN3O2/c23-16-6-3-7-17(13-16)26-20-9-2-1-8-18(20)21(24-26)22(27)25-11-4-5-15-14-28-12-10-19(15)25/h3,6-7,13,15,19H,1-2,4-5,8-12,14H2/t15-,19+/m1/s1. The summed E-state index contributed by atoms with van der Waals surface area (Å²) in [6.07, 6.45) is 7.41. The number of ether oxygens (including phenoxy) is 1. The van der Waals surface area contributed by atoms with Crippen molar-refractivity contribution in [2.24, 2.45) is 5.92 Å². The van der Waals surface area contributed by atoms with Crippen molar-refractivity contribution in [2.45, 2.75) is 51.0 Å². The molecule has 0 radical (unpaired) electrons. The van der Waals surface area contributed by atoms with Gasteiger partial charge < -0.3 is 9.64 Å². The molecule has 5 rings (SSSR count). The van der Waals surface area contributed by atoms with Crippen molar-refractivity contribution in [1.29, 1.82) is 0 Å². The van der Waals surface area contributed by atoms with E-state index in [-0.39, 0.29) is 5.91 Å². The highest BCUT2D eigenvalue weighted by atomic mass is 79.9. The number of nitrogens with zero attached hydrogens (tertiary/aromatic N) is 3. The van der Waals surface area contributed by atoms with Crippen molar-refractivity contribution < 1.29 is 9.53 Å². The molecule has 5 nitrogen and oxygen atoms in total. The van der Waals surface area contributed by atoms with Crippen LogP contribution >= 0.6 is 15.9 Å². The molecule has 1 aromatic heterocycles. The first-order chi connectivity index (χ1) is 13.7. The zero-order chi connectivity index (χ0) is 19.1. The molecule has 2 aliphatic heterocycles. The first-order valence-corrected chi connectivity index (χ1v) is 11.3. The van der Waals surface area contributed by atoms with Crippen LogP contribution in [0, 0.1) is 5.92 Å². The molecule has 0 unspecified atom stereocenters. The van der Waals surface area contributed by atoms with Gasteiger partial charge in [-0.15, -0.1) is 0 Å². The topological polar surface area (TPSA) is 47.4 Å². The third-order valence-corrected chi connectivity index (χ3v) is 7.00. The van der Waals surface area contributed by atoms with E-state index in [1.54, 1.807) is 0 Å². The number of likely N-dealkylation sites (tertiary alicyclic amines) is 1. The van der Waals surface area contributed by atoms with Gasteiger partial charge in [0, 0.05) is 40.8 Å². The van der Waals surface area contributed by atoms with Crippen molar-refractivity contribution in [3.05, 3.63) is 45.7 Å². The van der Waals surface area contributed by atoms with Gasteiger partial charge in [-0.25, -0.2) is 4.68 Å². The monoisotopic (exact) mass is 443 g/mol. The Balaban J connectivity index is 1.53. The number of hydrogen-bond donors (Lipinski definition) is 0. The Labute approximate surface area is 174 Å². The van der Waals surface area contributed by atoms with Crippen LogP contribution in [0.15, 0.2) is 28.7 Å². The number of carbonyl (C=O) groups excluding carboxylic acids is 1. The lowest BCUT2D eigenvalue weighted by Crippen LogP contribution is -2.52. The van der Waals surface area contributed by atoms with Gasteiger partial charge in [0.15, 0.2) is 5.69 Å². The summed E-state index contributed by atoms with van der Waals surface area (Å²) < 4.78 is 8.71. The molecule has 0 spiro atoms. The van der Waals surface area contributed by atoms with Crippen molar-refractivity contribution in [2.75, 3.05) is 19.8 Å². The molecular formula is C22H26BrN3O2. The van der Waals surface area contributed by atoms with Gasteiger partial charge in [0.05, 0.1) is 12.3 Å². The zero-order valence-electron chi connectivity index (χ0n) is 16.1. The predicted molar refractivity (Wildman–Crippen MR) is 111 cm³/mol. The molecule has 3 aliphatic rings. The van der Waals surface area contributed by atoms with Crippen LogP contribution in [0.5, 0.6) is 0 Å². The zero-order valence-corrected chi connectivity index (χ0v) is 17.7. The van der Waals surface area contributed by atoms with Crippen molar-refractivity contribution in [3.63, 3.8) is 0 Å². The Hall–Kier alpha value is -1.66. The fraction of sp³-hybridized carbons (Fsp3) is 0.545. The fourth-order valence-electron chi connectivity index (χ4n) is 5.14. The minimum atomic E-state index is 0.128. The summed E-state index contributed by atoms with van der Waals surface area (Å²) in [5.74, 6) is 0.609. The van der Waals surface area contributed by atoms with E-state index in [9.17, 15) is 4.79 Å². The summed E-state index contributed by atoms with van der Waals surface area (Å²) in [7, 11) is 0. The Kier molecular flexibility index (Phi) is 5.01. The summed E-state index contributed by atoms with van der Waals surface area (Å²) in [6.45, 7) is 2.40. The molecule has 0 bridgehead atoms. The predicted octanol–water partition coefficient (Wildman–Crippen LogP) is 4.15. The van der Waals surface area contributed by atoms with Gasteiger partial charge in [0.2, 0.25) is 0 Å². The van der Waals surface area contributed by atoms with Gasteiger partial charge in [-0.1, -0.05) is 22.0 Å². The first-order valence-electron chi connectivity index (χ1n) is 10.5. The Morgan fingerprint density at radius 1 is 1.18 bits per heavy atom. The van der Waals surface area contributed by atoms with Crippen LogP contribution < -0.4 is 0 Å². The highest BCUT2D eigenvalue weighted by Crippen LogP contribution is 2.33. The highest BCUT2D eigenvalue weighted by Gasteiger charge is 2.38. The van der Waals surface area contributed by atoms with Gasteiger partial charge in [-0.2, -0.15) is 5.10 Å². The Morgan fingerprint density at radius 2 is 2.07 bits per heavy atom. The van der Waals surface area contributed by atoms with Gasteiger partial charge in [-0.05, 0) is 63.1 Å². The molecule has 2 fully saturated rings. The number of amides is 1. The van der Waals surface area contributed by atoms with Gasteiger partial charge in [0.25, 0.3) is 5.91 Å². The lowest BCUT2D eigenvalue weighted by molar-refractivity contribution is -0.0273. The number of halogens is 1. The minimum Gasteiger partial charge on any atom is -0.381 e. The van der Waals surface area contributed by atoms with Gasteiger partial charge in [-0.3, -0.25) is 4.79 Å². The Bertz CT molecular complexity index is 892. The van der Waals surface area contributed by atoms with Crippen molar-refractivity contribution >= 4 is 21.8 Å². The second kappa shape index (κ2) is 7.64. The van der Waals surface area contributed by atoms with E-state index in [2.05, 4.69) is 33.0 Å². The Morgan fingerprint density at radius 3 is 2.96 bits per heavy atom. The molecule has 6 heteroatoms. The van der Waals surface area contributed by atoms with Crippen molar-refractivity contribution in [1.82, 2.24) is 14.7 Å². The number of fused-ring (bicyclic) bond motifs is 2. The van der Waals surface area contributed by atoms with E-state index >= 15 is 0 Å². The third-order valence-electron chi connectivity index (χ3n) is 6.50. The molecule has 1 amide bonds. The van der Waals surface area contributed by atoms with E-state index in [1.807, 2.05) is 16.8 Å². The normalized spacial score (nSPS) is 24.5. The average Bonchev–Trinajstić information content (AvgIpc) is 3.13. The SMILES string of the molecule is O=C(c1nn(-c2cccc(Br)c2)c2c1CCCC2)N1CCC[C@@H]2COCC[C@@H]21. The van der Waals surface area contributed by atoms with Crippen LogP contribution in [0.2, 0.25) is 0 Å². The average molecular weight is 444 g/mol. The maximum atomic E-state index is 13.6. The molecule has 2 atom stereocenters. The molecule has 2 aromatic rings. The quantitative estimate of drug-likeness (QED) is 0.699. The minimum absolute atomic E-state index is 0.128. The number of aromatic nitrogens is 2. The maximum Gasteiger partial charge on any atom is 0.274 e. The van der Waals surface area contributed by atoms with Gasteiger partial charge >= 0.3 is 0 Å². The van der Waals surface area contributed by atoms with Crippen LogP contribution in [0.25, 0.3) is 5.69 Å². The van der Waals surface area contributed by atoms with Crippen LogP contribution in [0.4, 0.5) is 0 Å². The van der Waals surface area contributed by atoms with Crippen LogP contribution in [0.1, 0.15) is 53.8 Å². The molecule has 1 aromatic carbocycles. The molecule has 3 heterocycles.